The Kier molecular flexibility index (Phi) is 3.07. The largest absolute Gasteiger partial charge is 0.350 e. The molecule has 3 nitrogen and oxygen atoms in total. The molecule has 1 aliphatic rings. The molecule has 0 spiro atoms. The second-order valence-corrected chi connectivity index (χ2v) is 5.41. The number of rotatable bonds is 4. The zero-order valence-corrected chi connectivity index (χ0v) is 9.64. The van der Waals surface area contributed by atoms with Gasteiger partial charge in [-0.3, -0.25) is 4.79 Å². The molecule has 0 bridgehead atoms. The van der Waals surface area contributed by atoms with Crippen LogP contribution >= 0.6 is 11.3 Å². The number of carbonyl (C=O) groups excluding carboxylic acids is 1. The van der Waals surface area contributed by atoms with Gasteiger partial charge in [0, 0.05) is 17.5 Å². The predicted octanol–water partition coefficient (Wildman–Crippen LogP) is 1.52. The Morgan fingerprint density at radius 1 is 1.67 bits per heavy atom. The Bertz CT molecular complexity index is 357. The molecule has 15 heavy (non-hydrogen) atoms. The van der Waals surface area contributed by atoms with E-state index in [0.29, 0.717) is 12.5 Å². The lowest BCUT2D eigenvalue weighted by atomic mass is 10.2. The van der Waals surface area contributed by atoms with E-state index in [1.165, 1.54) is 24.2 Å². The molecular weight excluding hydrogens is 208 g/mol. The molecule has 3 N–H and O–H groups in total. The van der Waals surface area contributed by atoms with Gasteiger partial charge in [0.05, 0.1) is 4.88 Å². The molecule has 2 rings (SSSR count). The van der Waals surface area contributed by atoms with Crippen LogP contribution in [0, 0.1) is 12.8 Å². The molecule has 1 fully saturated rings. The number of hydrogen-bond acceptors (Lipinski definition) is 3. The summed E-state index contributed by atoms with van der Waals surface area (Å²) < 4.78 is 0. The molecule has 0 radical (unpaired) electrons. The number of hydrogen-bond donors (Lipinski definition) is 2. The lowest BCUT2D eigenvalue weighted by molar-refractivity contribution is 0.0954. The third-order valence-corrected chi connectivity index (χ3v) is 3.69. The van der Waals surface area contributed by atoms with E-state index in [4.69, 9.17) is 5.73 Å². The van der Waals surface area contributed by atoms with Gasteiger partial charge >= 0.3 is 0 Å². The first-order chi connectivity index (χ1) is 7.16. The average Bonchev–Trinajstić information content (AvgIpc) is 2.97. The number of thiophene rings is 1. The fraction of sp³-hybridized carbons (Fsp3) is 0.545. The molecular formula is C11H16N2OS. The molecule has 1 unspecified atom stereocenters. The molecule has 0 aromatic carbocycles. The van der Waals surface area contributed by atoms with Crippen molar-refractivity contribution in [2.45, 2.75) is 25.8 Å². The van der Waals surface area contributed by atoms with Crippen molar-refractivity contribution in [2.24, 2.45) is 11.7 Å². The van der Waals surface area contributed by atoms with E-state index in [-0.39, 0.29) is 11.9 Å². The summed E-state index contributed by atoms with van der Waals surface area (Å²) in [5, 5.41) is 2.88. The van der Waals surface area contributed by atoms with Gasteiger partial charge in [0.2, 0.25) is 0 Å². The summed E-state index contributed by atoms with van der Waals surface area (Å²) in [6.07, 6.45) is 2.43. The van der Waals surface area contributed by atoms with Crippen molar-refractivity contribution < 1.29 is 4.79 Å². The predicted molar refractivity (Wildman–Crippen MR) is 62.1 cm³/mol. The highest BCUT2D eigenvalue weighted by Crippen LogP contribution is 2.31. The topological polar surface area (TPSA) is 55.1 Å². The Balaban J connectivity index is 1.81. The van der Waals surface area contributed by atoms with E-state index < -0.39 is 0 Å². The summed E-state index contributed by atoms with van der Waals surface area (Å²) in [6.45, 7) is 2.60. The first-order valence-corrected chi connectivity index (χ1v) is 6.08. The molecule has 1 aromatic rings. The highest BCUT2D eigenvalue weighted by Gasteiger charge is 2.28. The van der Waals surface area contributed by atoms with Gasteiger partial charge in [0.1, 0.15) is 0 Å². The highest BCUT2D eigenvalue weighted by atomic mass is 32.1. The van der Waals surface area contributed by atoms with E-state index in [9.17, 15) is 4.79 Å². The summed E-state index contributed by atoms with van der Waals surface area (Å²) in [5.41, 5.74) is 5.90. The standard InChI is InChI=1S/C11H16N2OS/c1-7-2-5-10(15-7)11(14)13-6-9(12)8-3-4-8/h2,5,8-9H,3-4,6,12H2,1H3,(H,13,14). The van der Waals surface area contributed by atoms with E-state index in [0.717, 1.165) is 9.75 Å². The first kappa shape index (κ1) is 10.6. The molecule has 0 saturated heterocycles. The van der Waals surface area contributed by atoms with Crippen molar-refractivity contribution in [1.82, 2.24) is 5.32 Å². The van der Waals surface area contributed by atoms with E-state index >= 15 is 0 Å². The monoisotopic (exact) mass is 224 g/mol. The zero-order chi connectivity index (χ0) is 10.8. The maximum Gasteiger partial charge on any atom is 0.261 e. The fourth-order valence-corrected chi connectivity index (χ4v) is 2.33. The lowest BCUT2D eigenvalue weighted by Gasteiger charge is -2.10. The van der Waals surface area contributed by atoms with Crippen molar-refractivity contribution in [3.8, 4) is 0 Å². The molecule has 1 saturated carbocycles. The van der Waals surface area contributed by atoms with Gasteiger partial charge in [-0.05, 0) is 37.8 Å². The molecule has 82 valence electrons. The molecule has 1 aromatic heterocycles. The minimum atomic E-state index is 0.00389. The van der Waals surface area contributed by atoms with Crippen LogP contribution in [-0.2, 0) is 0 Å². The van der Waals surface area contributed by atoms with Crippen LogP contribution in [0.25, 0.3) is 0 Å². The molecule has 1 atom stereocenters. The Labute approximate surface area is 93.7 Å². The second kappa shape index (κ2) is 4.33. The van der Waals surface area contributed by atoms with Crippen molar-refractivity contribution in [3.05, 3.63) is 21.9 Å². The van der Waals surface area contributed by atoms with Gasteiger partial charge in [0.15, 0.2) is 0 Å². The van der Waals surface area contributed by atoms with Gasteiger partial charge < -0.3 is 11.1 Å². The Morgan fingerprint density at radius 3 is 2.93 bits per heavy atom. The quantitative estimate of drug-likeness (QED) is 0.814. The summed E-state index contributed by atoms with van der Waals surface area (Å²) >= 11 is 1.52. The maximum atomic E-state index is 11.6. The third kappa shape index (κ3) is 2.79. The van der Waals surface area contributed by atoms with Gasteiger partial charge in [-0.1, -0.05) is 0 Å². The molecule has 1 aliphatic carbocycles. The summed E-state index contributed by atoms with van der Waals surface area (Å²) in [6, 6.07) is 3.95. The molecule has 4 heteroatoms. The number of carbonyl (C=O) groups is 1. The van der Waals surface area contributed by atoms with Gasteiger partial charge in [-0.15, -0.1) is 11.3 Å². The van der Waals surface area contributed by atoms with Crippen LogP contribution in [0.3, 0.4) is 0 Å². The van der Waals surface area contributed by atoms with Crippen LogP contribution in [0.1, 0.15) is 27.4 Å². The van der Waals surface area contributed by atoms with Crippen LogP contribution in [-0.4, -0.2) is 18.5 Å². The molecule has 1 amide bonds. The number of amides is 1. The first-order valence-electron chi connectivity index (χ1n) is 5.27. The average molecular weight is 224 g/mol. The molecule has 0 aliphatic heterocycles. The lowest BCUT2D eigenvalue weighted by Crippen LogP contribution is -2.38. The van der Waals surface area contributed by atoms with Crippen LogP contribution in [0.15, 0.2) is 12.1 Å². The van der Waals surface area contributed by atoms with Crippen LogP contribution in [0.5, 0.6) is 0 Å². The second-order valence-electron chi connectivity index (χ2n) is 4.12. The van der Waals surface area contributed by atoms with Crippen molar-refractivity contribution in [1.29, 1.82) is 0 Å². The van der Waals surface area contributed by atoms with Crippen LogP contribution in [0.2, 0.25) is 0 Å². The summed E-state index contributed by atoms with van der Waals surface area (Å²) in [5.74, 6) is 0.638. The van der Waals surface area contributed by atoms with Crippen molar-refractivity contribution in [2.75, 3.05) is 6.54 Å². The zero-order valence-electron chi connectivity index (χ0n) is 8.82. The Morgan fingerprint density at radius 2 is 2.40 bits per heavy atom. The highest BCUT2D eigenvalue weighted by molar-refractivity contribution is 7.13. The summed E-state index contributed by atoms with van der Waals surface area (Å²) in [4.78, 5) is 13.6. The fourth-order valence-electron chi connectivity index (χ4n) is 1.55. The van der Waals surface area contributed by atoms with E-state index in [1.807, 2.05) is 19.1 Å². The normalized spacial score (nSPS) is 17.5. The van der Waals surface area contributed by atoms with Gasteiger partial charge in [-0.25, -0.2) is 0 Å². The van der Waals surface area contributed by atoms with E-state index in [2.05, 4.69) is 5.32 Å². The number of nitrogens with one attached hydrogen (secondary N) is 1. The van der Waals surface area contributed by atoms with Gasteiger partial charge in [0.25, 0.3) is 5.91 Å². The number of nitrogens with two attached hydrogens (primary N) is 1. The van der Waals surface area contributed by atoms with Crippen molar-refractivity contribution in [3.63, 3.8) is 0 Å². The molecule has 1 heterocycles. The van der Waals surface area contributed by atoms with Gasteiger partial charge in [-0.2, -0.15) is 0 Å². The van der Waals surface area contributed by atoms with Crippen molar-refractivity contribution >= 4 is 17.2 Å². The maximum absolute atomic E-state index is 11.6. The minimum absolute atomic E-state index is 0.00389. The number of aryl methyl sites for hydroxylation is 1. The van der Waals surface area contributed by atoms with Crippen LogP contribution in [0.4, 0.5) is 0 Å². The van der Waals surface area contributed by atoms with E-state index in [1.54, 1.807) is 0 Å². The SMILES string of the molecule is Cc1ccc(C(=O)NCC(N)C2CC2)s1. The summed E-state index contributed by atoms with van der Waals surface area (Å²) in [7, 11) is 0. The minimum Gasteiger partial charge on any atom is -0.350 e. The third-order valence-electron chi connectivity index (χ3n) is 2.69. The van der Waals surface area contributed by atoms with Crippen LogP contribution < -0.4 is 11.1 Å². The Hall–Kier alpha value is -0.870. The smallest absolute Gasteiger partial charge is 0.261 e.